The molecule has 13 heavy (non-hydrogen) atoms. The molecule has 3 heteroatoms. The summed E-state index contributed by atoms with van der Waals surface area (Å²) in [6.07, 6.45) is -0.355. The lowest BCUT2D eigenvalue weighted by molar-refractivity contribution is 0.247. The predicted octanol–water partition coefficient (Wildman–Crippen LogP) is 3.58. The Morgan fingerprint density at radius 1 is 1.38 bits per heavy atom. The lowest BCUT2D eigenvalue weighted by atomic mass is 10.3. The van der Waals surface area contributed by atoms with Crippen molar-refractivity contribution in [1.82, 2.24) is 0 Å². The van der Waals surface area contributed by atoms with E-state index in [0.29, 0.717) is 13.0 Å². The second kappa shape index (κ2) is 5.22. The molecule has 0 radical (unpaired) electrons. The summed E-state index contributed by atoms with van der Waals surface area (Å²) in [6.45, 7) is 1.96. The average Bonchev–Trinajstić information content (AvgIpc) is 2.08. The molecule has 1 aromatic rings. The van der Waals surface area contributed by atoms with Crippen LogP contribution in [0, 0.1) is 0 Å². The topological polar surface area (TPSA) is 9.23 Å². The summed E-state index contributed by atoms with van der Waals surface area (Å²) in [7, 11) is 0. The van der Waals surface area contributed by atoms with E-state index < -0.39 is 6.17 Å². The first-order valence-electron chi connectivity index (χ1n) is 4.21. The van der Waals surface area contributed by atoms with Crippen LogP contribution < -0.4 is 4.74 Å². The van der Waals surface area contributed by atoms with Gasteiger partial charge in [-0.25, -0.2) is 4.39 Å². The molecule has 0 saturated heterocycles. The van der Waals surface area contributed by atoms with Gasteiger partial charge >= 0.3 is 0 Å². The van der Waals surface area contributed by atoms with Crippen molar-refractivity contribution in [2.45, 2.75) is 19.5 Å². The number of halogens is 2. The molecule has 0 fully saturated rings. The maximum atomic E-state index is 12.4. The van der Waals surface area contributed by atoms with E-state index in [1.165, 1.54) is 6.92 Å². The first kappa shape index (κ1) is 10.5. The number of alkyl halides is 1. The Kier molecular flexibility index (Phi) is 4.22. The number of benzene rings is 1. The molecule has 0 bridgehead atoms. The van der Waals surface area contributed by atoms with Gasteiger partial charge in [-0.15, -0.1) is 0 Å². The third-order valence-electron chi connectivity index (χ3n) is 1.60. The molecule has 1 atom stereocenters. The highest BCUT2D eigenvalue weighted by Gasteiger charge is 1.98. The van der Waals surface area contributed by atoms with Crippen LogP contribution in [-0.4, -0.2) is 12.8 Å². The minimum Gasteiger partial charge on any atom is -0.493 e. The molecule has 1 aromatic carbocycles. The van der Waals surface area contributed by atoms with Gasteiger partial charge in [0.15, 0.2) is 0 Å². The Morgan fingerprint density at radius 3 is 2.54 bits per heavy atom. The van der Waals surface area contributed by atoms with Gasteiger partial charge in [0.1, 0.15) is 11.9 Å². The van der Waals surface area contributed by atoms with E-state index in [0.717, 1.165) is 10.2 Å². The van der Waals surface area contributed by atoms with Gasteiger partial charge in [0, 0.05) is 10.9 Å². The Labute approximate surface area is 86.0 Å². The lowest BCUT2D eigenvalue weighted by Gasteiger charge is -2.06. The van der Waals surface area contributed by atoms with Crippen molar-refractivity contribution in [2.24, 2.45) is 0 Å². The molecule has 0 N–H and O–H groups in total. The first-order valence-corrected chi connectivity index (χ1v) is 5.00. The Bertz CT molecular complexity index is 246. The SMILES string of the molecule is CC(F)CCOc1ccc(Br)cc1. The molecule has 0 amide bonds. The van der Waals surface area contributed by atoms with E-state index in [2.05, 4.69) is 15.9 Å². The molecule has 0 spiro atoms. The van der Waals surface area contributed by atoms with Crippen molar-refractivity contribution >= 4 is 15.9 Å². The zero-order chi connectivity index (χ0) is 9.68. The summed E-state index contributed by atoms with van der Waals surface area (Å²) in [5.74, 6) is 0.781. The molecule has 72 valence electrons. The van der Waals surface area contributed by atoms with Crippen LogP contribution in [0.15, 0.2) is 28.7 Å². The summed E-state index contributed by atoms with van der Waals surface area (Å²) >= 11 is 3.32. The van der Waals surface area contributed by atoms with Gasteiger partial charge in [0.25, 0.3) is 0 Å². The Morgan fingerprint density at radius 2 is 2.00 bits per heavy atom. The van der Waals surface area contributed by atoms with Crippen molar-refractivity contribution < 1.29 is 9.13 Å². The van der Waals surface area contributed by atoms with Gasteiger partial charge in [-0.2, -0.15) is 0 Å². The number of rotatable bonds is 4. The molecule has 1 rings (SSSR count). The highest BCUT2D eigenvalue weighted by atomic mass is 79.9. The average molecular weight is 247 g/mol. The second-order valence-electron chi connectivity index (χ2n) is 2.87. The van der Waals surface area contributed by atoms with Crippen molar-refractivity contribution in [3.63, 3.8) is 0 Å². The van der Waals surface area contributed by atoms with E-state index in [4.69, 9.17) is 4.74 Å². The van der Waals surface area contributed by atoms with Crippen LogP contribution in [0.2, 0.25) is 0 Å². The lowest BCUT2D eigenvalue weighted by Crippen LogP contribution is -2.03. The van der Waals surface area contributed by atoms with Gasteiger partial charge in [-0.3, -0.25) is 0 Å². The predicted molar refractivity (Wildman–Crippen MR) is 54.8 cm³/mol. The molecule has 0 heterocycles. The fourth-order valence-electron chi connectivity index (χ4n) is 0.870. The maximum Gasteiger partial charge on any atom is 0.119 e. The van der Waals surface area contributed by atoms with Crippen molar-refractivity contribution in [3.8, 4) is 5.75 Å². The molecule has 0 aromatic heterocycles. The highest BCUT2D eigenvalue weighted by Crippen LogP contribution is 2.16. The summed E-state index contributed by atoms with van der Waals surface area (Å²) < 4.78 is 18.7. The summed E-state index contributed by atoms with van der Waals surface area (Å²) in [4.78, 5) is 0. The fraction of sp³-hybridized carbons (Fsp3) is 0.400. The van der Waals surface area contributed by atoms with E-state index >= 15 is 0 Å². The Hall–Kier alpha value is -0.570. The van der Waals surface area contributed by atoms with E-state index in [1.54, 1.807) is 0 Å². The highest BCUT2D eigenvalue weighted by molar-refractivity contribution is 9.10. The van der Waals surface area contributed by atoms with Gasteiger partial charge in [-0.1, -0.05) is 15.9 Å². The smallest absolute Gasteiger partial charge is 0.119 e. The fourth-order valence-corrected chi connectivity index (χ4v) is 1.13. The van der Waals surface area contributed by atoms with Gasteiger partial charge < -0.3 is 4.74 Å². The summed E-state index contributed by atoms with van der Waals surface area (Å²) in [6, 6.07) is 7.50. The second-order valence-corrected chi connectivity index (χ2v) is 3.79. The van der Waals surface area contributed by atoms with Gasteiger partial charge in [0.2, 0.25) is 0 Å². The molecule has 0 aliphatic heterocycles. The number of hydrogen-bond acceptors (Lipinski definition) is 1. The molecule has 0 saturated carbocycles. The Balaban J connectivity index is 2.33. The zero-order valence-corrected chi connectivity index (χ0v) is 9.05. The van der Waals surface area contributed by atoms with Crippen LogP contribution >= 0.6 is 15.9 Å². The molecule has 1 unspecified atom stereocenters. The number of hydrogen-bond donors (Lipinski definition) is 0. The van der Waals surface area contributed by atoms with E-state index in [-0.39, 0.29) is 0 Å². The molecule has 1 nitrogen and oxygen atoms in total. The quantitative estimate of drug-likeness (QED) is 0.790. The van der Waals surface area contributed by atoms with Crippen LogP contribution in [0.25, 0.3) is 0 Å². The maximum absolute atomic E-state index is 12.4. The van der Waals surface area contributed by atoms with Gasteiger partial charge in [0.05, 0.1) is 6.61 Å². The standard InChI is InChI=1S/C10H12BrFO/c1-8(12)6-7-13-10-4-2-9(11)3-5-10/h2-5,8H,6-7H2,1H3. The van der Waals surface area contributed by atoms with Crippen molar-refractivity contribution in [2.75, 3.05) is 6.61 Å². The van der Waals surface area contributed by atoms with Crippen LogP contribution in [-0.2, 0) is 0 Å². The zero-order valence-electron chi connectivity index (χ0n) is 7.47. The van der Waals surface area contributed by atoms with E-state index in [1.807, 2.05) is 24.3 Å². The summed E-state index contributed by atoms with van der Waals surface area (Å²) in [5, 5.41) is 0. The van der Waals surface area contributed by atoms with Crippen LogP contribution in [0.4, 0.5) is 4.39 Å². The van der Waals surface area contributed by atoms with Crippen molar-refractivity contribution in [3.05, 3.63) is 28.7 Å². The minimum atomic E-state index is -0.796. The molecule has 0 aliphatic rings. The van der Waals surface area contributed by atoms with Gasteiger partial charge in [-0.05, 0) is 31.2 Å². The normalized spacial score (nSPS) is 12.5. The van der Waals surface area contributed by atoms with Crippen LogP contribution in [0.5, 0.6) is 5.75 Å². The molecule has 0 aliphatic carbocycles. The molecular weight excluding hydrogens is 235 g/mol. The third-order valence-corrected chi connectivity index (χ3v) is 2.13. The molecular formula is C10H12BrFO. The monoisotopic (exact) mass is 246 g/mol. The third kappa shape index (κ3) is 4.27. The first-order chi connectivity index (χ1) is 6.18. The largest absolute Gasteiger partial charge is 0.493 e. The van der Waals surface area contributed by atoms with E-state index in [9.17, 15) is 4.39 Å². The van der Waals surface area contributed by atoms with Crippen molar-refractivity contribution in [1.29, 1.82) is 0 Å². The van der Waals surface area contributed by atoms with Crippen LogP contribution in [0.3, 0.4) is 0 Å². The minimum absolute atomic E-state index is 0.430. The van der Waals surface area contributed by atoms with Crippen LogP contribution in [0.1, 0.15) is 13.3 Å². The number of ether oxygens (including phenoxy) is 1. The summed E-state index contributed by atoms with van der Waals surface area (Å²) in [5.41, 5.74) is 0.